The zero-order valence-corrected chi connectivity index (χ0v) is 14.6. The van der Waals surface area contributed by atoms with Crippen molar-refractivity contribution in [2.45, 2.75) is 26.8 Å². The summed E-state index contributed by atoms with van der Waals surface area (Å²) in [4.78, 5) is 30.5. The summed E-state index contributed by atoms with van der Waals surface area (Å²) >= 11 is 0. The Morgan fingerprint density at radius 3 is 2.09 bits per heavy atom. The Morgan fingerprint density at radius 2 is 1.57 bits per heavy atom. The zero-order chi connectivity index (χ0) is 17.0. The number of hydrogen-bond donors (Lipinski definition) is 1. The summed E-state index contributed by atoms with van der Waals surface area (Å²) in [5.41, 5.74) is 5.82. The van der Waals surface area contributed by atoms with Crippen molar-refractivity contribution < 1.29 is 14.3 Å². The molecule has 2 aliphatic rings. The first-order valence-electron chi connectivity index (χ1n) is 8.41. The van der Waals surface area contributed by atoms with Crippen LogP contribution in [0, 0.1) is 5.41 Å². The smallest absolute Gasteiger partial charge is 0.240 e. The summed E-state index contributed by atoms with van der Waals surface area (Å²) in [5.74, 6) is 0.163. The number of carbonyl (C=O) groups is 2. The lowest BCUT2D eigenvalue weighted by molar-refractivity contribution is -0.139. The standard InChI is InChI=1S/C16H30N4O3/c1-16(2,3)14(17)15(22)20-6-4-18(5-7-20)12-13(21)19-8-10-23-11-9-19/h14H,4-12,17H2,1-3H3/t14-/m1/s1. The van der Waals surface area contributed by atoms with Crippen LogP contribution in [0.3, 0.4) is 0 Å². The Hall–Kier alpha value is -1.18. The molecule has 2 aliphatic heterocycles. The predicted octanol–water partition coefficient (Wildman–Crippen LogP) is -0.637. The highest BCUT2D eigenvalue weighted by molar-refractivity contribution is 5.82. The van der Waals surface area contributed by atoms with E-state index < -0.39 is 6.04 Å². The van der Waals surface area contributed by atoms with Crippen molar-refractivity contribution in [2.24, 2.45) is 11.1 Å². The van der Waals surface area contributed by atoms with Crippen LogP contribution in [0.25, 0.3) is 0 Å². The number of nitrogens with two attached hydrogens (primary N) is 1. The first kappa shape index (κ1) is 18.2. The third kappa shape index (κ3) is 4.89. The number of rotatable bonds is 3. The second-order valence-corrected chi connectivity index (χ2v) is 7.44. The van der Waals surface area contributed by atoms with Gasteiger partial charge >= 0.3 is 0 Å². The highest BCUT2D eigenvalue weighted by Gasteiger charge is 2.33. The summed E-state index contributed by atoms with van der Waals surface area (Å²) in [5, 5.41) is 0. The van der Waals surface area contributed by atoms with Gasteiger partial charge in [-0.25, -0.2) is 0 Å². The van der Waals surface area contributed by atoms with E-state index in [0.29, 0.717) is 45.9 Å². The van der Waals surface area contributed by atoms with E-state index in [1.165, 1.54) is 0 Å². The van der Waals surface area contributed by atoms with E-state index in [1.54, 1.807) is 0 Å². The van der Waals surface area contributed by atoms with Gasteiger partial charge in [0, 0.05) is 39.3 Å². The Kier molecular flexibility index (Phi) is 6.00. The van der Waals surface area contributed by atoms with E-state index in [0.717, 1.165) is 13.1 Å². The maximum absolute atomic E-state index is 12.4. The lowest BCUT2D eigenvalue weighted by Crippen LogP contribution is -2.57. The fourth-order valence-corrected chi connectivity index (χ4v) is 2.80. The van der Waals surface area contributed by atoms with Crippen molar-refractivity contribution in [3.05, 3.63) is 0 Å². The number of piperazine rings is 1. The first-order chi connectivity index (χ1) is 10.8. The van der Waals surface area contributed by atoms with E-state index in [2.05, 4.69) is 4.90 Å². The lowest BCUT2D eigenvalue weighted by Gasteiger charge is -2.38. The van der Waals surface area contributed by atoms with Crippen LogP contribution in [0.15, 0.2) is 0 Å². The van der Waals surface area contributed by atoms with Gasteiger partial charge in [-0.05, 0) is 5.41 Å². The molecule has 2 heterocycles. The molecule has 2 fully saturated rings. The van der Waals surface area contributed by atoms with E-state index in [1.807, 2.05) is 30.6 Å². The van der Waals surface area contributed by atoms with Crippen LogP contribution in [0.1, 0.15) is 20.8 Å². The van der Waals surface area contributed by atoms with Gasteiger partial charge < -0.3 is 20.3 Å². The van der Waals surface area contributed by atoms with Gasteiger partial charge in [0.05, 0.1) is 25.8 Å². The highest BCUT2D eigenvalue weighted by Crippen LogP contribution is 2.19. The molecule has 0 saturated carbocycles. The van der Waals surface area contributed by atoms with Gasteiger partial charge in [0.25, 0.3) is 0 Å². The summed E-state index contributed by atoms with van der Waals surface area (Å²) in [7, 11) is 0. The second-order valence-electron chi connectivity index (χ2n) is 7.44. The normalized spacial score (nSPS) is 22.1. The largest absolute Gasteiger partial charge is 0.378 e. The number of ether oxygens (including phenoxy) is 1. The fourth-order valence-electron chi connectivity index (χ4n) is 2.80. The molecule has 7 heteroatoms. The van der Waals surface area contributed by atoms with Gasteiger partial charge in [0.15, 0.2) is 0 Å². The monoisotopic (exact) mass is 326 g/mol. The molecule has 0 bridgehead atoms. The summed E-state index contributed by atoms with van der Waals surface area (Å²) < 4.78 is 5.27. The Labute approximate surface area is 138 Å². The third-order valence-corrected chi connectivity index (χ3v) is 4.61. The average Bonchev–Trinajstić information content (AvgIpc) is 2.54. The summed E-state index contributed by atoms with van der Waals surface area (Å²) in [6.07, 6.45) is 0. The summed E-state index contributed by atoms with van der Waals surface area (Å²) in [6, 6.07) is -0.482. The molecule has 0 radical (unpaired) electrons. The van der Waals surface area contributed by atoms with Crippen LogP contribution in [-0.4, -0.2) is 91.6 Å². The molecule has 1 atom stereocenters. The van der Waals surface area contributed by atoms with Crippen LogP contribution in [0.4, 0.5) is 0 Å². The second kappa shape index (κ2) is 7.59. The maximum Gasteiger partial charge on any atom is 0.240 e. The predicted molar refractivity (Wildman–Crippen MR) is 87.8 cm³/mol. The van der Waals surface area contributed by atoms with Gasteiger partial charge in [-0.2, -0.15) is 0 Å². The van der Waals surface area contributed by atoms with Crippen molar-refractivity contribution in [2.75, 3.05) is 59.0 Å². The average molecular weight is 326 g/mol. The SMILES string of the molecule is CC(C)(C)[C@H](N)C(=O)N1CCN(CC(=O)N2CCOCC2)CC1. The number of carbonyl (C=O) groups excluding carboxylic acids is 2. The minimum Gasteiger partial charge on any atom is -0.378 e. The minimum atomic E-state index is -0.482. The van der Waals surface area contributed by atoms with Crippen LogP contribution in [0.5, 0.6) is 0 Å². The number of amides is 2. The van der Waals surface area contributed by atoms with Crippen molar-refractivity contribution in [3.63, 3.8) is 0 Å². The molecule has 0 aromatic carbocycles. The van der Waals surface area contributed by atoms with Crippen molar-refractivity contribution in [1.29, 1.82) is 0 Å². The van der Waals surface area contributed by atoms with E-state index in [9.17, 15) is 9.59 Å². The van der Waals surface area contributed by atoms with Crippen molar-refractivity contribution in [3.8, 4) is 0 Å². The molecular formula is C16H30N4O3. The molecule has 0 aromatic rings. The molecule has 23 heavy (non-hydrogen) atoms. The lowest BCUT2D eigenvalue weighted by atomic mass is 9.86. The number of hydrogen-bond acceptors (Lipinski definition) is 5. The van der Waals surface area contributed by atoms with Gasteiger partial charge in [-0.15, -0.1) is 0 Å². The highest BCUT2D eigenvalue weighted by atomic mass is 16.5. The Morgan fingerprint density at radius 1 is 1.00 bits per heavy atom. The topological polar surface area (TPSA) is 79.1 Å². The minimum absolute atomic E-state index is 0.0108. The maximum atomic E-state index is 12.4. The first-order valence-corrected chi connectivity index (χ1v) is 8.41. The number of morpholine rings is 1. The quantitative estimate of drug-likeness (QED) is 0.746. The molecule has 7 nitrogen and oxygen atoms in total. The molecule has 0 unspecified atom stereocenters. The summed E-state index contributed by atoms with van der Waals surface area (Å²) in [6.45, 7) is 11.7. The van der Waals surface area contributed by atoms with Crippen LogP contribution in [-0.2, 0) is 14.3 Å². The van der Waals surface area contributed by atoms with Gasteiger partial charge in [-0.1, -0.05) is 20.8 Å². The van der Waals surface area contributed by atoms with Crippen molar-refractivity contribution in [1.82, 2.24) is 14.7 Å². The van der Waals surface area contributed by atoms with E-state index in [-0.39, 0.29) is 17.2 Å². The molecule has 0 aliphatic carbocycles. The molecule has 2 saturated heterocycles. The van der Waals surface area contributed by atoms with Gasteiger partial charge in [0.1, 0.15) is 0 Å². The van der Waals surface area contributed by atoms with Gasteiger partial charge in [0.2, 0.25) is 11.8 Å². The Balaban J connectivity index is 1.77. The van der Waals surface area contributed by atoms with E-state index >= 15 is 0 Å². The molecule has 2 N–H and O–H groups in total. The zero-order valence-electron chi connectivity index (χ0n) is 14.6. The molecule has 0 aromatic heterocycles. The van der Waals surface area contributed by atoms with Crippen LogP contribution in [0.2, 0.25) is 0 Å². The number of nitrogens with zero attached hydrogens (tertiary/aromatic N) is 3. The molecule has 0 spiro atoms. The van der Waals surface area contributed by atoms with Crippen LogP contribution >= 0.6 is 0 Å². The molecular weight excluding hydrogens is 296 g/mol. The molecule has 132 valence electrons. The Bertz CT molecular complexity index is 422. The third-order valence-electron chi connectivity index (χ3n) is 4.61. The van der Waals surface area contributed by atoms with E-state index in [4.69, 9.17) is 10.5 Å². The molecule has 2 amide bonds. The van der Waals surface area contributed by atoms with Crippen molar-refractivity contribution >= 4 is 11.8 Å². The van der Waals surface area contributed by atoms with Gasteiger partial charge in [-0.3, -0.25) is 14.5 Å². The molecule has 2 rings (SSSR count). The fraction of sp³-hybridized carbons (Fsp3) is 0.875. The van der Waals surface area contributed by atoms with Crippen LogP contribution < -0.4 is 5.73 Å².